The van der Waals surface area contributed by atoms with E-state index in [1.54, 1.807) is 7.05 Å². The molecule has 0 N–H and O–H groups in total. The van der Waals surface area contributed by atoms with Gasteiger partial charge in [0.25, 0.3) is 5.91 Å². The SMILES string of the molecule is CN(Cc1ccccc1Br)C(=O)c1ccc(F)cc1F. The zero-order valence-corrected chi connectivity index (χ0v) is 12.3. The first-order chi connectivity index (χ1) is 9.49. The molecule has 0 atom stereocenters. The van der Waals surface area contributed by atoms with E-state index in [9.17, 15) is 13.6 Å². The maximum atomic E-state index is 13.6. The third-order valence-corrected chi connectivity index (χ3v) is 3.65. The Kier molecular flexibility index (Phi) is 4.49. The normalized spacial score (nSPS) is 10.4. The molecular formula is C15H12BrF2NO. The van der Waals surface area contributed by atoms with Gasteiger partial charge in [-0.25, -0.2) is 8.78 Å². The second kappa shape index (κ2) is 6.13. The molecule has 1 amide bonds. The lowest BCUT2D eigenvalue weighted by molar-refractivity contribution is 0.0780. The summed E-state index contributed by atoms with van der Waals surface area (Å²) in [4.78, 5) is 13.5. The lowest BCUT2D eigenvalue weighted by atomic mass is 10.1. The van der Waals surface area contributed by atoms with Crippen LogP contribution in [-0.2, 0) is 6.54 Å². The predicted molar refractivity (Wildman–Crippen MR) is 76.3 cm³/mol. The first kappa shape index (κ1) is 14.7. The van der Waals surface area contributed by atoms with Crippen LogP contribution in [-0.4, -0.2) is 17.9 Å². The standard InChI is InChI=1S/C15H12BrF2NO/c1-19(9-10-4-2-3-5-13(10)16)15(20)12-7-6-11(17)8-14(12)18/h2-8H,9H2,1H3. The fraction of sp³-hybridized carbons (Fsp3) is 0.133. The second-order valence-corrected chi connectivity index (χ2v) is 5.23. The summed E-state index contributed by atoms with van der Waals surface area (Å²) in [6, 6.07) is 10.4. The molecule has 0 bridgehead atoms. The number of rotatable bonds is 3. The number of carbonyl (C=O) groups is 1. The molecule has 0 aliphatic carbocycles. The monoisotopic (exact) mass is 339 g/mol. The number of carbonyl (C=O) groups excluding carboxylic acids is 1. The van der Waals surface area contributed by atoms with Crippen molar-refractivity contribution in [1.29, 1.82) is 0 Å². The summed E-state index contributed by atoms with van der Waals surface area (Å²) in [5.74, 6) is -2.04. The van der Waals surface area contributed by atoms with Gasteiger partial charge in [0.2, 0.25) is 0 Å². The van der Waals surface area contributed by atoms with Gasteiger partial charge in [0.1, 0.15) is 11.6 Å². The molecule has 0 heterocycles. The van der Waals surface area contributed by atoms with E-state index in [-0.39, 0.29) is 5.56 Å². The van der Waals surface area contributed by atoms with Gasteiger partial charge >= 0.3 is 0 Å². The highest BCUT2D eigenvalue weighted by molar-refractivity contribution is 9.10. The first-order valence-electron chi connectivity index (χ1n) is 5.93. The maximum absolute atomic E-state index is 13.6. The Morgan fingerprint density at radius 2 is 1.90 bits per heavy atom. The van der Waals surface area contributed by atoms with Crippen LogP contribution in [0.1, 0.15) is 15.9 Å². The number of amides is 1. The van der Waals surface area contributed by atoms with Crippen molar-refractivity contribution in [3.63, 3.8) is 0 Å². The topological polar surface area (TPSA) is 20.3 Å². The van der Waals surface area contributed by atoms with Crippen molar-refractivity contribution in [3.8, 4) is 0 Å². The highest BCUT2D eigenvalue weighted by Gasteiger charge is 2.17. The van der Waals surface area contributed by atoms with Crippen molar-refractivity contribution < 1.29 is 13.6 Å². The third-order valence-electron chi connectivity index (χ3n) is 2.87. The van der Waals surface area contributed by atoms with E-state index in [0.717, 1.165) is 22.2 Å². The molecular weight excluding hydrogens is 328 g/mol. The molecule has 2 aromatic carbocycles. The number of hydrogen-bond acceptors (Lipinski definition) is 1. The number of hydrogen-bond donors (Lipinski definition) is 0. The molecule has 0 radical (unpaired) electrons. The smallest absolute Gasteiger partial charge is 0.256 e. The quantitative estimate of drug-likeness (QED) is 0.827. The van der Waals surface area contributed by atoms with Crippen LogP contribution < -0.4 is 0 Å². The second-order valence-electron chi connectivity index (χ2n) is 4.38. The Bertz CT molecular complexity index is 646. The van der Waals surface area contributed by atoms with E-state index in [2.05, 4.69) is 15.9 Å². The van der Waals surface area contributed by atoms with Gasteiger partial charge in [-0.2, -0.15) is 0 Å². The average molecular weight is 340 g/mol. The van der Waals surface area contributed by atoms with Crippen LogP contribution >= 0.6 is 15.9 Å². The molecule has 2 rings (SSSR count). The Morgan fingerprint density at radius 1 is 1.20 bits per heavy atom. The minimum Gasteiger partial charge on any atom is -0.337 e. The van der Waals surface area contributed by atoms with Gasteiger partial charge in [0.15, 0.2) is 0 Å². The molecule has 0 fully saturated rings. The highest BCUT2D eigenvalue weighted by Crippen LogP contribution is 2.19. The third kappa shape index (κ3) is 3.22. The van der Waals surface area contributed by atoms with Crippen LogP contribution in [0.4, 0.5) is 8.78 Å². The lowest BCUT2D eigenvalue weighted by Gasteiger charge is -2.18. The molecule has 0 aliphatic heterocycles. The van der Waals surface area contributed by atoms with Gasteiger partial charge in [-0.3, -0.25) is 4.79 Å². The number of nitrogens with zero attached hydrogens (tertiary/aromatic N) is 1. The highest BCUT2D eigenvalue weighted by atomic mass is 79.9. The van der Waals surface area contributed by atoms with Crippen molar-refractivity contribution >= 4 is 21.8 Å². The molecule has 0 unspecified atom stereocenters. The summed E-state index contributed by atoms with van der Waals surface area (Å²) in [5.41, 5.74) is 0.770. The van der Waals surface area contributed by atoms with Crippen molar-refractivity contribution in [2.24, 2.45) is 0 Å². The lowest BCUT2D eigenvalue weighted by Crippen LogP contribution is -2.27. The number of benzene rings is 2. The summed E-state index contributed by atoms with van der Waals surface area (Å²) in [7, 11) is 1.57. The molecule has 0 aromatic heterocycles. The Balaban J connectivity index is 2.19. The average Bonchev–Trinajstić information content (AvgIpc) is 2.40. The molecule has 2 nitrogen and oxygen atoms in total. The fourth-order valence-electron chi connectivity index (χ4n) is 1.82. The van der Waals surface area contributed by atoms with Crippen molar-refractivity contribution in [3.05, 3.63) is 69.7 Å². The minimum absolute atomic E-state index is 0.138. The molecule has 0 saturated carbocycles. The molecule has 0 aliphatic rings. The van der Waals surface area contributed by atoms with Gasteiger partial charge in [-0.15, -0.1) is 0 Å². The molecule has 2 aromatic rings. The van der Waals surface area contributed by atoms with E-state index in [0.29, 0.717) is 12.6 Å². The Morgan fingerprint density at radius 3 is 2.55 bits per heavy atom. The van der Waals surface area contributed by atoms with Crippen LogP contribution in [0.3, 0.4) is 0 Å². The van der Waals surface area contributed by atoms with E-state index in [1.807, 2.05) is 24.3 Å². The van der Waals surface area contributed by atoms with Gasteiger partial charge in [-0.05, 0) is 23.8 Å². The number of halogens is 3. The van der Waals surface area contributed by atoms with Crippen molar-refractivity contribution in [1.82, 2.24) is 4.90 Å². The van der Waals surface area contributed by atoms with Gasteiger partial charge < -0.3 is 4.90 Å². The van der Waals surface area contributed by atoms with E-state index < -0.39 is 17.5 Å². The predicted octanol–water partition coefficient (Wildman–Crippen LogP) is 4.00. The summed E-state index contributed by atoms with van der Waals surface area (Å²) in [5, 5.41) is 0. The molecule has 20 heavy (non-hydrogen) atoms. The molecule has 0 spiro atoms. The van der Waals surface area contributed by atoms with Crippen molar-refractivity contribution in [2.75, 3.05) is 7.05 Å². The first-order valence-corrected chi connectivity index (χ1v) is 6.72. The van der Waals surface area contributed by atoms with E-state index >= 15 is 0 Å². The largest absolute Gasteiger partial charge is 0.337 e. The summed E-state index contributed by atoms with van der Waals surface area (Å²) in [6.07, 6.45) is 0. The van der Waals surface area contributed by atoms with Crippen molar-refractivity contribution in [2.45, 2.75) is 6.54 Å². The summed E-state index contributed by atoms with van der Waals surface area (Å²) < 4.78 is 27.3. The fourth-order valence-corrected chi connectivity index (χ4v) is 2.23. The van der Waals surface area contributed by atoms with Gasteiger partial charge in [0.05, 0.1) is 5.56 Å². The molecule has 0 saturated heterocycles. The molecule has 5 heteroatoms. The van der Waals surface area contributed by atoms with E-state index in [1.165, 1.54) is 4.90 Å². The minimum atomic E-state index is -0.853. The van der Waals surface area contributed by atoms with Crippen LogP contribution in [0.25, 0.3) is 0 Å². The van der Waals surface area contributed by atoms with Gasteiger partial charge in [0, 0.05) is 24.1 Å². The summed E-state index contributed by atoms with van der Waals surface area (Å²) in [6.45, 7) is 0.330. The van der Waals surface area contributed by atoms with Crippen LogP contribution in [0, 0.1) is 11.6 Å². The zero-order chi connectivity index (χ0) is 14.7. The zero-order valence-electron chi connectivity index (χ0n) is 10.7. The van der Waals surface area contributed by atoms with Crippen LogP contribution in [0.5, 0.6) is 0 Å². The Labute approximate surface area is 124 Å². The van der Waals surface area contributed by atoms with Crippen LogP contribution in [0.15, 0.2) is 46.9 Å². The van der Waals surface area contributed by atoms with E-state index in [4.69, 9.17) is 0 Å². The Hall–Kier alpha value is -1.75. The van der Waals surface area contributed by atoms with Crippen LogP contribution in [0.2, 0.25) is 0 Å². The maximum Gasteiger partial charge on any atom is 0.256 e. The van der Waals surface area contributed by atoms with Gasteiger partial charge in [-0.1, -0.05) is 34.1 Å². The molecule has 104 valence electrons. The summed E-state index contributed by atoms with van der Waals surface area (Å²) >= 11 is 3.39.